The lowest BCUT2D eigenvalue weighted by Crippen LogP contribution is -1.95. The Kier molecular flexibility index (Phi) is 2.57. The second-order valence-corrected chi connectivity index (χ2v) is 4.33. The molecule has 0 fully saturated rings. The molecule has 18 heavy (non-hydrogen) atoms. The first-order valence-electron chi connectivity index (χ1n) is 5.89. The maximum atomic E-state index is 5.58. The van der Waals surface area contributed by atoms with E-state index in [1.54, 1.807) is 4.52 Å². The monoisotopic (exact) mass is 238 g/mol. The third-order valence-corrected chi connectivity index (χ3v) is 2.89. The Morgan fingerprint density at radius 3 is 2.89 bits per heavy atom. The smallest absolute Gasteiger partial charge is 0.153 e. The maximum Gasteiger partial charge on any atom is 0.153 e. The van der Waals surface area contributed by atoms with Crippen LogP contribution in [0.2, 0.25) is 0 Å². The van der Waals surface area contributed by atoms with Crippen molar-refractivity contribution in [2.75, 3.05) is 0 Å². The molecule has 3 rings (SSSR count). The molecule has 3 aromatic rings. The van der Waals surface area contributed by atoms with Crippen molar-refractivity contribution in [3.63, 3.8) is 0 Å². The molecule has 4 heteroatoms. The molecule has 0 amide bonds. The van der Waals surface area contributed by atoms with Gasteiger partial charge in [0.1, 0.15) is 0 Å². The van der Waals surface area contributed by atoms with Gasteiger partial charge in [-0.2, -0.15) is 5.10 Å². The molecule has 1 aromatic carbocycles. The molecule has 90 valence electrons. The van der Waals surface area contributed by atoms with E-state index in [4.69, 9.17) is 5.73 Å². The van der Waals surface area contributed by atoms with Gasteiger partial charge in [0, 0.05) is 12.1 Å². The van der Waals surface area contributed by atoms with E-state index in [9.17, 15) is 0 Å². The number of imidazole rings is 1. The van der Waals surface area contributed by atoms with Crippen molar-refractivity contribution < 1.29 is 0 Å². The van der Waals surface area contributed by atoms with Crippen molar-refractivity contribution in [3.05, 3.63) is 53.9 Å². The normalized spacial score (nSPS) is 11.0. The summed E-state index contributed by atoms with van der Waals surface area (Å²) in [7, 11) is 0. The van der Waals surface area contributed by atoms with Gasteiger partial charge in [0.2, 0.25) is 0 Å². The Balaban J connectivity index is 2.12. The second kappa shape index (κ2) is 4.23. The van der Waals surface area contributed by atoms with Gasteiger partial charge in [0.15, 0.2) is 5.65 Å². The molecule has 0 spiro atoms. The zero-order valence-electron chi connectivity index (χ0n) is 10.2. The van der Waals surface area contributed by atoms with Gasteiger partial charge < -0.3 is 5.73 Å². The molecule has 0 radical (unpaired) electrons. The van der Waals surface area contributed by atoms with Gasteiger partial charge in [0.05, 0.1) is 17.6 Å². The van der Waals surface area contributed by atoms with Crippen LogP contribution in [-0.4, -0.2) is 14.6 Å². The maximum absolute atomic E-state index is 5.58. The third kappa shape index (κ3) is 1.87. The molecular formula is C14H14N4. The fourth-order valence-corrected chi connectivity index (χ4v) is 1.99. The van der Waals surface area contributed by atoms with Crippen LogP contribution >= 0.6 is 0 Å². The van der Waals surface area contributed by atoms with E-state index in [0.717, 1.165) is 22.6 Å². The molecule has 0 unspecified atom stereocenters. The van der Waals surface area contributed by atoms with Gasteiger partial charge in [-0.05, 0) is 25.1 Å². The van der Waals surface area contributed by atoms with E-state index in [2.05, 4.69) is 35.2 Å². The average Bonchev–Trinajstić information content (AvgIpc) is 2.80. The zero-order valence-corrected chi connectivity index (χ0v) is 10.2. The first-order chi connectivity index (χ1) is 8.76. The summed E-state index contributed by atoms with van der Waals surface area (Å²) in [6, 6.07) is 12.2. The Morgan fingerprint density at radius 2 is 2.11 bits per heavy atom. The second-order valence-electron chi connectivity index (χ2n) is 4.33. The molecule has 2 N–H and O–H groups in total. The highest BCUT2D eigenvalue weighted by atomic mass is 15.2. The van der Waals surface area contributed by atoms with Gasteiger partial charge in [-0.1, -0.05) is 23.8 Å². The van der Waals surface area contributed by atoms with Gasteiger partial charge in [0.25, 0.3) is 0 Å². The Hall–Kier alpha value is -2.20. The van der Waals surface area contributed by atoms with Crippen LogP contribution in [0, 0.1) is 6.92 Å². The molecule has 4 nitrogen and oxygen atoms in total. The summed E-state index contributed by atoms with van der Waals surface area (Å²) < 4.78 is 1.78. The van der Waals surface area contributed by atoms with Crippen LogP contribution in [-0.2, 0) is 6.54 Å². The fourth-order valence-electron chi connectivity index (χ4n) is 1.99. The van der Waals surface area contributed by atoms with Gasteiger partial charge in [-0.25, -0.2) is 9.50 Å². The topological polar surface area (TPSA) is 56.2 Å². The highest BCUT2D eigenvalue weighted by Gasteiger charge is 2.04. The highest BCUT2D eigenvalue weighted by molar-refractivity contribution is 5.61. The van der Waals surface area contributed by atoms with E-state index in [0.29, 0.717) is 6.54 Å². The number of benzene rings is 1. The molecule has 0 saturated heterocycles. The number of nitrogens with zero attached hydrogens (tertiary/aromatic N) is 3. The van der Waals surface area contributed by atoms with Crippen LogP contribution < -0.4 is 5.73 Å². The van der Waals surface area contributed by atoms with Crippen molar-refractivity contribution >= 4 is 5.65 Å². The number of aromatic nitrogens is 3. The summed E-state index contributed by atoms with van der Waals surface area (Å²) >= 11 is 0. The zero-order chi connectivity index (χ0) is 12.5. The standard InChI is InChI=1S/C14H14N4/c1-10-3-2-4-11(7-10)13-5-6-14-16-12(8-15)9-18(14)17-13/h2-7,9H,8,15H2,1H3. The number of nitrogens with two attached hydrogens (primary N) is 1. The van der Waals surface area contributed by atoms with E-state index in [-0.39, 0.29) is 0 Å². The number of hydrogen-bond acceptors (Lipinski definition) is 3. The number of fused-ring (bicyclic) bond motifs is 1. The number of aryl methyl sites for hydroxylation is 1. The Bertz CT molecular complexity index is 700. The molecule has 0 saturated carbocycles. The van der Waals surface area contributed by atoms with Crippen molar-refractivity contribution in [2.24, 2.45) is 5.73 Å². The predicted octanol–water partition coefficient (Wildman–Crippen LogP) is 2.16. The number of rotatable bonds is 2. The molecule has 2 aromatic heterocycles. The minimum atomic E-state index is 0.434. The van der Waals surface area contributed by atoms with Crippen LogP contribution in [0.1, 0.15) is 11.3 Å². The first kappa shape index (κ1) is 10.9. The van der Waals surface area contributed by atoms with Crippen LogP contribution in [0.3, 0.4) is 0 Å². The van der Waals surface area contributed by atoms with E-state index < -0.39 is 0 Å². The molecular weight excluding hydrogens is 224 g/mol. The average molecular weight is 238 g/mol. The lowest BCUT2D eigenvalue weighted by molar-refractivity contribution is 0.934. The van der Waals surface area contributed by atoms with Gasteiger partial charge in [-0.15, -0.1) is 0 Å². The van der Waals surface area contributed by atoms with Crippen molar-refractivity contribution in [2.45, 2.75) is 13.5 Å². The molecule has 0 bridgehead atoms. The fraction of sp³-hybridized carbons (Fsp3) is 0.143. The summed E-state index contributed by atoms with van der Waals surface area (Å²) in [4.78, 5) is 4.36. The van der Waals surface area contributed by atoms with Crippen molar-refractivity contribution in [1.29, 1.82) is 0 Å². The number of hydrogen-bond donors (Lipinski definition) is 1. The summed E-state index contributed by atoms with van der Waals surface area (Å²) in [6.07, 6.45) is 1.87. The quantitative estimate of drug-likeness (QED) is 0.744. The van der Waals surface area contributed by atoms with E-state index >= 15 is 0 Å². The summed E-state index contributed by atoms with van der Waals surface area (Å²) in [5.41, 5.74) is 10.5. The Morgan fingerprint density at radius 1 is 1.22 bits per heavy atom. The van der Waals surface area contributed by atoms with E-state index in [1.165, 1.54) is 5.56 Å². The molecule has 0 aliphatic heterocycles. The molecule has 2 heterocycles. The minimum absolute atomic E-state index is 0.434. The molecule has 0 aliphatic carbocycles. The molecule has 0 aliphatic rings. The van der Waals surface area contributed by atoms with Crippen molar-refractivity contribution in [3.8, 4) is 11.3 Å². The third-order valence-electron chi connectivity index (χ3n) is 2.89. The van der Waals surface area contributed by atoms with Crippen LogP contribution in [0.4, 0.5) is 0 Å². The van der Waals surface area contributed by atoms with Crippen LogP contribution in [0.15, 0.2) is 42.6 Å². The first-order valence-corrected chi connectivity index (χ1v) is 5.89. The van der Waals surface area contributed by atoms with Gasteiger partial charge >= 0.3 is 0 Å². The lowest BCUT2D eigenvalue weighted by Gasteiger charge is -2.02. The van der Waals surface area contributed by atoms with Gasteiger partial charge in [-0.3, -0.25) is 0 Å². The Labute approximate surface area is 105 Å². The highest BCUT2D eigenvalue weighted by Crippen LogP contribution is 2.18. The summed E-state index contributed by atoms with van der Waals surface area (Å²) in [5, 5.41) is 4.55. The largest absolute Gasteiger partial charge is 0.325 e. The summed E-state index contributed by atoms with van der Waals surface area (Å²) in [5.74, 6) is 0. The van der Waals surface area contributed by atoms with Crippen molar-refractivity contribution in [1.82, 2.24) is 14.6 Å². The van der Waals surface area contributed by atoms with Crippen LogP contribution in [0.5, 0.6) is 0 Å². The minimum Gasteiger partial charge on any atom is -0.325 e. The van der Waals surface area contributed by atoms with E-state index in [1.807, 2.05) is 24.4 Å². The predicted molar refractivity (Wildman–Crippen MR) is 71.1 cm³/mol. The SMILES string of the molecule is Cc1cccc(-c2ccc3nc(CN)cn3n2)c1. The summed E-state index contributed by atoms with van der Waals surface area (Å²) in [6.45, 7) is 2.51. The lowest BCUT2D eigenvalue weighted by atomic mass is 10.1. The van der Waals surface area contributed by atoms with Crippen LogP contribution in [0.25, 0.3) is 16.9 Å². The molecule has 0 atom stereocenters.